The Balaban J connectivity index is 1.69. The summed E-state index contributed by atoms with van der Waals surface area (Å²) in [7, 11) is 1.63. The fourth-order valence-corrected chi connectivity index (χ4v) is 2.93. The Morgan fingerprint density at radius 2 is 2.20 bits per heavy atom. The number of nitrogens with one attached hydrogen (secondary N) is 1. The first-order valence-corrected chi connectivity index (χ1v) is 8.38. The van der Waals surface area contributed by atoms with Gasteiger partial charge in [-0.15, -0.1) is 0 Å². The molecule has 7 nitrogen and oxygen atoms in total. The van der Waals surface area contributed by atoms with Gasteiger partial charge in [0.15, 0.2) is 0 Å². The summed E-state index contributed by atoms with van der Waals surface area (Å²) in [6, 6.07) is 5.47. The van der Waals surface area contributed by atoms with Crippen molar-refractivity contribution in [2.24, 2.45) is 0 Å². The van der Waals surface area contributed by atoms with E-state index in [0.29, 0.717) is 37.4 Å². The van der Waals surface area contributed by atoms with Crippen LogP contribution in [0, 0.1) is 0 Å². The first kappa shape index (κ1) is 17.2. The quantitative estimate of drug-likeness (QED) is 0.872. The minimum Gasteiger partial charge on any atom is -0.383 e. The first-order valence-electron chi connectivity index (χ1n) is 8.38. The van der Waals surface area contributed by atoms with Crippen LogP contribution < -0.4 is 10.2 Å². The number of rotatable bonds is 6. The maximum absolute atomic E-state index is 12.5. The van der Waals surface area contributed by atoms with Crippen LogP contribution in [0.4, 0.5) is 11.4 Å². The van der Waals surface area contributed by atoms with Crippen molar-refractivity contribution in [2.75, 3.05) is 30.5 Å². The zero-order valence-electron chi connectivity index (χ0n) is 14.5. The number of carbonyl (C=O) groups excluding carboxylic acids is 2. The minimum absolute atomic E-state index is 0.111. The molecule has 0 saturated carbocycles. The van der Waals surface area contributed by atoms with E-state index in [4.69, 9.17) is 4.74 Å². The van der Waals surface area contributed by atoms with Crippen LogP contribution in [0.3, 0.4) is 0 Å². The number of ether oxygens (including phenoxy) is 1. The molecule has 0 unspecified atom stereocenters. The number of nitrogens with zero attached hydrogens (tertiary/aromatic N) is 3. The summed E-state index contributed by atoms with van der Waals surface area (Å²) >= 11 is 0. The van der Waals surface area contributed by atoms with Crippen LogP contribution in [0.1, 0.15) is 29.3 Å². The van der Waals surface area contributed by atoms with E-state index in [2.05, 4.69) is 10.4 Å². The lowest BCUT2D eigenvalue weighted by Gasteiger charge is -2.16. The van der Waals surface area contributed by atoms with E-state index in [1.165, 1.54) is 0 Å². The average molecular weight is 342 g/mol. The summed E-state index contributed by atoms with van der Waals surface area (Å²) in [5, 5.41) is 7.02. The first-order chi connectivity index (χ1) is 12.1. The zero-order chi connectivity index (χ0) is 17.8. The largest absolute Gasteiger partial charge is 0.383 e. The van der Waals surface area contributed by atoms with Gasteiger partial charge in [-0.3, -0.25) is 14.3 Å². The fraction of sp³-hybridized carbons (Fsp3) is 0.389. The van der Waals surface area contributed by atoms with Crippen molar-refractivity contribution in [1.82, 2.24) is 9.78 Å². The summed E-state index contributed by atoms with van der Waals surface area (Å²) in [4.78, 5) is 26.2. The van der Waals surface area contributed by atoms with Crippen LogP contribution in [0.15, 0.2) is 30.6 Å². The average Bonchev–Trinajstić information content (AvgIpc) is 3.25. The van der Waals surface area contributed by atoms with Crippen molar-refractivity contribution in [3.05, 3.63) is 41.7 Å². The summed E-state index contributed by atoms with van der Waals surface area (Å²) in [5.74, 6) is -0.0752. The van der Waals surface area contributed by atoms with Crippen molar-refractivity contribution in [3.63, 3.8) is 0 Å². The molecule has 1 aliphatic heterocycles. The molecule has 0 bridgehead atoms. The van der Waals surface area contributed by atoms with Crippen molar-refractivity contribution in [1.29, 1.82) is 0 Å². The number of amides is 2. The molecular weight excluding hydrogens is 320 g/mol. The van der Waals surface area contributed by atoms with Crippen LogP contribution >= 0.6 is 0 Å². The van der Waals surface area contributed by atoms with E-state index in [1.807, 2.05) is 19.1 Å². The molecule has 1 aromatic carbocycles. The maximum atomic E-state index is 12.5. The van der Waals surface area contributed by atoms with Gasteiger partial charge in [-0.05, 0) is 30.2 Å². The predicted molar refractivity (Wildman–Crippen MR) is 94.8 cm³/mol. The number of hydrogen-bond donors (Lipinski definition) is 1. The van der Waals surface area contributed by atoms with Crippen molar-refractivity contribution >= 4 is 23.2 Å². The van der Waals surface area contributed by atoms with Crippen LogP contribution in [0.2, 0.25) is 0 Å². The summed E-state index contributed by atoms with van der Waals surface area (Å²) < 4.78 is 6.72. The van der Waals surface area contributed by atoms with E-state index in [1.54, 1.807) is 35.2 Å². The lowest BCUT2D eigenvalue weighted by Crippen LogP contribution is -2.27. The van der Waals surface area contributed by atoms with Gasteiger partial charge >= 0.3 is 0 Å². The second-order valence-corrected chi connectivity index (χ2v) is 5.93. The van der Waals surface area contributed by atoms with Crippen LogP contribution in [-0.2, 0) is 22.5 Å². The number of aromatic nitrogens is 2. The van der Waals surface area contributed by atoms with Gasteiger partial charge in [-0.1, -0.05) is 6.92 Å². The topological polar surface area (TPSA) is 76.5 Å². The molecule has 25 heavy (non-hydrogen) atoms. The predicted octanol–water partition coefficient (Wildman–Crippen LogP) is 2.08. The summed E-state index contributed by atoms with van der Waals surface area (Å²) in [5.41, 5.74) is 3.17. The Bertz CT molecular complexity index is 784. The monoisotopic (exact) mass is 342 g/mol. The smallest absolute Gasteiger partial charge is 0.255 e. The molecule has 0 saturated heterocycles. The maximum Gasteiger partial charge on any atom is 0.255 e. The lowest BCUT2D eigenvalue weighted by molar-refractivity contribution is -0.118. The Morgan fingerprint density at radius 3 is 2.96 bits per heavy atom. The highest BCUT2D eigenvalue weighted by atomic mass is 16.5. The SMILES string of the molecule is CCC(=O)N1CCc2cc(C(=O)Nc3cnn(CCOC)c3)ccc21. The molecule has 2 heterocycles. The van der Waals surface area contributed by atoms with E-state index >= 15 is 0 Å². The van der Waals surface area contributed by atoms with Crippen LogP contribution in [0.25, 0.3) is 0 Å². The third kappa shape index (κ3) is 3.71. The Morgan fingerprint density at radius 1 is 1.36 bits per heavy atom. The molecule has 1 N–H and O–H groups in total. The summed E-state index contributed by atoms with van der Waals surface area (Å²) in [6.45, 7) is 3.73. The number of methoxy groups -OCH3 is 1. The van der Waals surface area contributed by atoms with Gasteiger partial charge < -0.3 is 15.0 Å². The molecule has 2 amide bonds. The number of anilines is 2. The van der Waals surface area contributed by atoms with Gasteiger partial charge in [0.25, 0.3) is 5.91 Å². The highest BCUT2D eigenvalue weighted by Gasteiger charge is 2.24. The molecule has 0 spiro atoms. The van der Waals surface area contributed by atoms with E-state index < -0.39 is 0 Å². The lowest BCUT2D eigenvalue weighted by atomic mass is 10.1. The molecule has 132 valence electrons. The number of benzene rings is 1. The Kier molecular flexibility index (Phi) is 5.14. The molecule has 0 fully saturated rings. The Labute approximate surface area is 146 Å². The second kappa shape index (κ2) is 7.48. The molecule has 1 aromatic heterocycles. The third-order valence-electron chi connectivity index (χ3n) is 4.26. The van der Waals surface area contributed by atoms with Crippen LogP contribution in [-0.4, -0.2) is 41.9 Å². The number of hydrogen-bond acceptors (Lipinski definition) is 4. The second-order valence-electron chi connectivity index (χ2n) is 5.93. The molecule has 0 radical (unpaired) electrons. The van der Waals surface area contributed by atoms with Crippen molar-refractivity contribution in [3.8, 4) is 0 Å². The molecule has 0 atom stereocenters. The normalized spacial score (nSPS) is 13.0. The fourth-order valence-electron chi connectivity index (χ4n) is 2.93. The van der Waals surface area contributed by atoms with Gasteiger partial charge in [0.2, 0.25) is 5.91 Å². The molecule has 0 aliphatic carbocycles. The van der Waals surface area contributed by atoms with E-state index in [0.717, 1.165) is 17.7 Å². The Hall–Kier alpha value is -2.67. The summed E-state index contributed by atoms with van der Waals surface area (Å²) in [6.07, 6.45) is 4.64. The highest BCUT2D eigenvalue weighted by Crippen LogP contribution is 2.29. The number of fused-ring (bicyclic) bond motifs is 1. The molecule has 7 heteroatoms. The molecule has 2 aromatic rings. The standard InChI is InChI=1S/C18H22N4O3/c1-3-17(23)22-7-6-13-10-14(4-5-16(13)22)18(24)20-15-11-19-21(12-15)8-9-25-2/h4-5,10-12H,3,6-9H2,1-2H3,(H,20,24). The van der Waals surface area contributed by atoms with Crippen molar-refractivity contribution < 1.29 is 14.3 Å². The molecular formula is C18H22N4O3. The van der Waals surface area contributed by atoms with Gasteiger partial charge in [0.1, 0.15) is 0 Å². The minimum atomic E-state index is -0.186. The molecule has 1 aliphatic rings. The van der Waals surface area contributed by atoms with Gasteiger partial charge in [-0.25, -0.2) is 0 Å². The highest BCUT2D eigenvalue weighted by molar-refractivity contribution is 6.05. The van der Waals surface area contributed by atoms with Crippen molar-refractivity contribution in [2.45, 2.75) is 26.3 Å². The van der Waals surface area contributed by atoms with E-state index in [9.17, 15) is 9.59 Å². The van der Waals surface area contributed by atoms with E-state index in [-0.39, 0.29) is 11.8 Å². The van der Waals surface area contributed by atoms with Gasteiger partial charge in [-0.2, -0.15) is 5.10 Å². The third-order valence-corrected chi connectivity index (χ3v) is 4.26. The van der Waals surface area contributed by atoms with Crippen LogP contribution in [0.5, 0.6) is 0 Å². The van der Waals surface area contributed by atoms with Gasteiger partial charge in [0.05, 0.1) is 25.0 Å². The van der Waals surface area contributed by atoms with Gasteiger partial charge in [0, 0.05) is 37.5 Å². The zero-order valence-corrected chi connectivity index (χ0v) is 14.5. The number of carbonyl (C=O) groups is 2. The molecule has 3 rings (SSSR count).